The maximum atomic E-state index is 13.9. The van der Waals surface area contributed by atoms with Crippen molar-refractivity contribution in [2.24, 2.45) is 5.73 Å². The monoisotopic (exact) mass is 292 g/mol. The predicted molar refractivity (Wildman–Crippen MR) is 79.3 cm³/mol. The van der Waals surface area contributed by atoms with Crippen molar-refractivity contribution in [2.75, 3.05) is 11.4 Å². The second-order valence-electron chi connectivity index (χ2n) is 4.11. The number of nitrogens with one attached hydrogen (secondary N) is 1. The number of hydrogen-bond donors (Lipinski definition) is 2. The van der Waals surface area contributed by atoms with Gasteiger partial charge in [0.05, 0.1) is 10.7 Å². The molecule has 2 rings (SSSR count). The number of nitrogen functional groups attached to an aromatic ring is 1. The van der Waals surface area contributed by atoms with Crippen LogP contribution in [-0.4, -0.2) is 17.4 Å². The van der Waals surface area contributed by atoms with E-state index in [1.165, 1.54) is 12.3 Å². The van der Waals surface area contributed by atoms with Crippen LogP contribution in [0.15, 0.2) is 36.5 Å². The summed E-state index contributed by atoms with van der Waals surface area (Å²) in [6.07, 6.45) is 1.50. The van der Waals surface area contributed by atoms with Crippen LogP contribution in [0.5, 0.6) is 0 Å². The van der Waals surface area contributed by atoms with Gasteiger partial charge in [0, 0.05) is 18.3 Å². The molecule has 20 heavy (non-hydrogen) atoms. The fourth-order valence-corrected chi connectivity index (χ4v) is 2.25. The Morgan fingerprint density at radius 3 is 2.70 bits per heavy atom. The summed E-state index contributed by atoms with van der Waals surface area (Å²) in [5.74, 6) is -0.129. The first-order valence-electron chi connectivity index (χ1n) is 6.07. The van der Waals surface area contributed by atoms with Crippen LogP contribution in [0.1, 0.15) is 12.5 Å². The van der Waals surface area contributed by atoms with Gasteiger partial charge in [0.2, 0.25) is 0 Å². The Labute approximate surface area is 121 Å². The summed E-state index contributed by atoms with van der Waals surface area (Å²) in [6, 6.07) is 7.94. The van der Waals surface area contributed by atoms with E-state index in [1.54, 1.807) is 29.2 Å². The summed E-state index contributed by atoms with van der Waals surface area (Å²) >= 11 is 6.23. The van der Waals surface area contributed by atoms with Crippen molar-refractivity contribution >= 4 is 28.9 Å². The van der Waals surface area contributed by atoms with E-state index >= 15 is 0 Å². The van der Waals surface area contributed by atoms with Crippen LogP contribution in [0.25, 0.3) is 0 Å². The van der Waals surface area contributed by atoms with E-state index in [0.29, 0.717) is 23.6 Å². The lowest BCUT2D eigenvalue weighted by atomic mass is 10.2. The zero-order valence-electron chi connectivity index (χ0n) is 10.9. The van der Waals surface area contributed by atoms with E-state index in [-0.39, 0.29) is 16.7 Å². The number of para-hydroxylation sites is 1. The molecule has 4 nitrogen and oxygen atoms in total. The topological polar surface area (TPSA) is 66.0 Å². The lowest BCUT2D eigenvalue weighted by Crippen LogP contribution is -2.21. The van der Waals surface area contributed by atoms with Gasteiger partial charge in [-0.15, -0.1) is 0 Å². The molecule has 3 N–H and O–H groups in total. The molecule has 0 saturated carbocycles. The molecular formula is C14H14ClFN4. The summed E-state index contributed by atoms with van der Waals surface area (Å²) in [6.45, 7) is 2.35. The number of nitrogens with zero attached hydrogens (tertiary/aromatic N) is 2. The van der Waals surface area contributed by atoms with E-state index in [0.717, 1.165) is 0 Å². The number of aromatic nitrogens is 1. The average Bonchev–Trinajstić information content (AvgIpc) is 2.43. The third-order valence-electron chi connectivity index (χ3n) is 2.88. The van der Waals surface area contributed by atoms with Crippen molar-refractivity contribution in [3.8, 4) is 0 Å². The van der Waals surface area contributed by atoms with Gasteiger partial charge in [-0.1, -0.05) is 23.7 Å². The average molecular weight is 293 g/mol. The number of rotatable bonds is 4. The van der Waals surface area contributed by atoms with E-state index in [4.69, 9.17) is 22.7 Å². The highest BCUT2D eigenvalue weighted by atomic mass is 35.5. The molecule has 0 atom stereocenters. The minimum absolute atomic E-state index is 0.150. The SMILES string of the molecule is CCN(c1ccccc1F)c1nccc(C(=N)N)c1Cl. The van der Waals surface area contributed by atoms with Crippen LogP contribution in [0.4, 0.5) is 15.9 Å². The van der Waals surface area contributed by atoms with Crippen molar-refractivity contribution in [3.63, 3.8) is 0 Å². The molecule has 0 spiro atoms. The number of amidine groups is 1. The van der Waals surface area contributed by atoms with Gasteiger partial charge < -0.3 is 10.6 Å². The molecule has 0 aliphatic rings. The second kappa shape index (κ2) is 5.88. The Hall–Kier alpha value is -2.14. The minimum atomic E-state index is -0.361. The lowest BCUT2D eigenvalue weighted by Gasteiger charge is -2.24. The molecule has 2 aromatic rings. The Morgan fingerprint density at radius 1 is 1.40 bits per heavy atom. The molecule has 0 saturated heterocycles. The summed E-state index contributed by atoms with van der Waals surface area (Å²) < 4.78 is 13.9. The predicted octanol–water partition coefficient (Wildman–Crippen LogP) is 3.32. The van der Waals surface area contributed by atoms with Gasteiger partial charge in [0.15, 0.2) is 5.82 Å². The molecule has 0 bridgehead atoms. The third-order valence-corrected chi connectivity index (χ3v) is 3.25. The molecule has 0 aliphatic carbocycles. The minimum Gasteiger partial charge on any atom is -0.384 e. The number of halogens is 2. The zero-order valence-corrected chi connectivity index (χ0v) is 11.7. The maximum absolute atomic E-state index is 13.9. The van der Waals surface area contributed by atoms with Gasteiger partial charge in [-0.05, 0) is 25.1 Å². The summed E-state index contributed by atoms with van der Waals surface area (Å²) in [5.41, 5.74) is 6.23. The molecule has 1 aromatic carbocycles. The van der Waals surface area contributed by atoms with Crippen LogP contribution < -0.4 is 10.6 Å². The first kappa shape index (κ1) is 14.3. The smallest absolute Gasteiger partial charge is 0.152 e. The van der Waals surface area contributed by atoms with Crippen LogP contribution >= 0.6 is 11.6 Å². The van der Waals surface area contributed by atoms with Gasteiger partial charge in [-0.25, -0.2) is 9.37 Å². The van der Waals surface area contributed by atoms with Crippen LogP contribution in [-0.2, 0) is 0 Å². The molecular weight excluding hydrogens is 279 g/mol. The Balaban J connectivity index is 2.56. The number of benzene rings is 1. The van der Waals surface area contributed by atoms with Crippen molar-refractivity contribution in [3.05, 3.63) is 52.9 Å². The summed E-state index contributed by atoms with van der Waals surface area (Å²) in [5, 5.41) is 7.73. The van der Waals surface area contributed by atoms with Gasteiger partial charge in [0.1, 0.15) is 11.7 Å². The fourth-order valence-electron chi connectivity index (χ4n) is 1.93. The standard InChI is InChI=1S/C14H14ClFN4/c1-2-20(11-6-4-3-5-10(11)16)14-12(15)9(13(17)18)7-8-19-14/h3-8H,2H2,1H3,(H3,17,18). The van der Waals surface area contributed by atoms with Crippen LogP contribution in [0.2, 0.25) is 5.02 Å². The lowest BCUT2D eigenvalue weighted by molar-refractivity contribution is 0.625. The highest BCUT2D eigenvalue weighted by molar-refractivity contribution is 6.36. The Morgan fingerprint density at radius 2 is 2.10 bits per heavy atom. The quantitative estimate of drug-likeness (QED) is 0.671. The molecule has 0 radical (unpaired) electrons. The maximum Gasteiger partial charge on any atom is 0.152 e. The Kier molecular flexibility index (Phi) is 4.20. The molecule has 1 heterocycles. The van der Waals surface area contributed by atoms with Gasteiger partial charge in [-0.2, -0.15) is 0 Å². The van der Waals surface area contributed by atoms with Crippen LogP contribution in [0.3, 0.4) is 0 Å². The summed E-state index contributed by atoms with van der Waals surface area (Å²) in [7, 11) is 0. The second-order valence-corrected chi connectivity index (χ2v) is 4.48. The first-order chi connectivity index (χ1) is 9.56. The molecule has 104 valence electrons. The molecule has 1 aromatic heterocycles. The summed E-state index contributed by atoms with van der Waals surface area (Å²) in [4.78, 5) is 5.83. The number of pyridine rings is 1. The van der Waals surface area contributed by atoms with Crippen molar-refractivity contribution < 1.29 is 4.39 Å². The molecule has 0 fully saturated rings. The Bertz CT molecular complexity index is 645. The van der Waals surface area contributed by atoms with E-state index in [9.17, 15) is 4.39 Å². The van der Waals surface area contributed by atoms with E-state index in [1.807, 2.05) is 6.92 Å². The van der Waals surface area contributed by atoms with Crippen LogP contribution in [0, 0.1) is 11.2 Å². The zero-order chi connectivity index (χ0) is 14.7. The van der Waals surface area contributed by atoms with E-state index in [2.05, 4.69) is 4.98 Å². The molecule has 0 amide bonds. The molecule has 6 heteroatoms. The van der Waals surface area contributed by atoms with Gasteiger partial charge in [-0.3, -0.25) is 5.41 Å². The van der Waals surface area contributed by atoms with Gasteiger partial charge >= 0.3 is 0 Å². The largest absolute Gasteiger partial charge is 0.384 e. The van der Waals surface area contributed by atoms with Crippen molar-refractivity contribution in [1.29, 1.82) is 5.41 Å². The normalized spacial score (nSPS) is 10.3. The first-order valence-corrected chi connectivity index (χ1v) is 6.45. The number of anilines is 2. The van der Waals surface area contributed by atoms with Gasteiger partial charge in [0.25, 0.3) is 0 Å². The molecule has 0 unspecified atom stereocenters. The highest BCUT2D eigenvalue weighted by Gasteiger charge is 2.18. The van der Waals surface area contributed by atoms with Crippen molar-refractivity contribution in [2.45, 2.75) is 6.92 Å². The number of hydrogen-bond acceptors (Lipinski definition) is 3. The fraction of sp³-hybridized carbons (Fsp3) is 0.143. The highest BCUT2D eigenvalue weighted by Crippen LogP contribution is 2.33. The van der Waals surface area contributed by atoms with Crippen molar-refractivity contribution in [1.82, 2.24) is 4.98 Å². The van der Waals surface area contributed by atoms with E-state index < -0.39 is 0 Å². The number of nitrogens with two attached hydrogens (primary N) is 1. The third kappa shape index (κ3) is 2.58. The molecule has 0 aliphatic heterocycles.